The van der Waals surface area contributed by atoms with Crippen molar-refractivity contribution in [3.05, 3.63) is 46.6 Å². The average Bonchev–Trinajstić information content (AvgIpc) is 2.62. The van der Waals surface area contributed by atoms with E-state index in [-0.39, 0.29) is 17.6 Å². The van der Waals surface area contributed by atoms with E-state index in [0.717, 1.165) is 12.8 Å². The van der Waals surface area contributed by atoms with E-state index in [0.29, 0.717) is 30.4 Å². The van der Waals surface area contributed by atoms with Crippen molar-refractivity contribution in [1.82, 2.24) is 19.9 Å². The number of H-pyrrole nitrogens is 1. The van der Waals surface area contributed by atoms with Crippen molar-refractivity contribution in [1.29, 1.82) is 0 Å². The predicted molar refractivity (Wildman–Crippen MR) is 85.2 cm³/mol. The number of nitrogens with zero attached hydrogens (tertiary/aromatic N) is 3. The van der Waals surface area contributed by atoms with E-state index in [2.05, 4.69) is 15.0 Å². The molecular weight excluding hydrogens is 312 g/mol. The van der Waals surface area contributed by atoms with Gasteiger partial charge in [-0.3, -0.25) is 9.59 Å². The molecule has 0 aliphatic carbocycles. The SMILES string of the molecule is COc1nccnc1OC1CCCN(C(=O)c2ccc(=O)[nH]c2)C1. The molecule has 24 heavy (non-hydrogen) atoms. The molecule has 1 saturated heterocycles. The van der Waals surface area contributed by atoms with Crippen LogP contribution in [0.25, 0.3) is 0 Å². The molecular formula is C16H18N4O4. The van der Waals surface area contributed by atoms with Crippen LogP contribution in [-0.2, 0) is 0 Å². The van der Waals surface area contributed by atoms with Crippen molar-refractivity contribution in [2.24, 2.45) is 0 Å². The monoisotopic (exact) mass is 330 g/mol. The molecule has 2 aromatic heterocycles. The van der Waals surface area contributed by atoms with E-state index in [1.807, 2.05) is 0 Å². The Bertz CT molecular complexity index is 756. The highest BCUT2D eigenvalue weighted by Gasteiger charge is 2.27. The number of likely N-dealkylation sites (tertiary alicyclic amines) is 1. The highest BCUT2D eigenvalue weighted by Crippen LogP contribution is 2.24. The second-order valence-corrected chi connectivity index (χ2v) is 5.45. The summed E-state index contributed by atoms with van der Waals surface area (Å²) in [5.74, 6) is 0.510. The van der Waals surface area contributed by atoms with Crippen LogP contribution >= 0.6 is 0 Å². The zero-order chi connectivity index (χ0) is 16.9. The number of pyridine rings is 1. The van der Waals surface area contributed by atoms with Crippen LogP contribution in [0.1, 0.15) is 23.2 Å². The van der Waals surface area contributed by atoms with Crippen LogP contribution in [0.5, 0.6) is 11.8 Å². The van der Waals surface area contributed by atoms with E-state index < -0.39 is 0 Å². The molecule has 1 aliphatic rings. The first-order valence-corrected chi connectivity index (χ1v) is 7.67. The molecule has 0 radical (unpaired) electrons. The fraction of sp³-hybridized carbons (Fsp3) is 0.375. The number of aromatic nitrogens is 3. The van der Waals surface area contributed by atoms with E-state index >= 15 is 0 Å². The summed E-state index contributed by atoms with van der Waals surface area (Å²) in [7, 11) is 1.50. The zero-order valence-corrected chi connectivity index (χ0v) is 13.3. The van der Waals surface area contributed by atoms with Crippen LogP contribution < -0.4 is 15.0 Å². The average molecular weight is 330 g/mol. The van der Waals surface area contributed by atoms with Crippen LogP contribution in [0.3, 0.4) is 0 Å². The minimum atomic E-state index is -0.235. The van der Waals surface area contributed by atoms with Gasteiger partial charge in [-0.2, -0.15) is 0 Å². The van der Waals surface area contributed by atoms with Crippen LogP contribution in [-0.4, -0.2) is 52.1 Å². The van der Waals surface area contributed by atoms with Crippen molar-refractivity contribution >= 4 is 5.91 Å². The van der Waals surface area contributed by atoms with Gasteiger partial charge in [0.25, 0.3) is 17.7 Å². The lowest BCUT2D eigenvalue weighted by Gasteiger charge is -2.32. The topological polar surface area (TPSA) is 97.4 Å². The molecule has 1 fully saturated rings. The van der Waals surface area contributed by atoms with Crippen LogP contribution in [0.2, 0.25) is 0 Å². The fourth-order valence-electron chi connectivity index (χ4n) is 2.64. The molecule has 1 amide bonds. The lowest BCUT2D eigenvalue weighted by Crippen LogP contribution is -2.44. The highest BCUT2D eigenvalue weighted by atomic mass is 16.5. The van der Waals surface area contributed by atoms with Crippen LogP contribution in [0.4, 0.5) is 0 Å². The number of amides is 1. The number of rotatable bonds is 4. The Balaban J connectivity index is 1.69. The number of aromatic amines is 1. The molecule has 1 N–H and O–H groups in total. The first-order chi connectivity index (χ1) is 11.7. The number of piperidine rings is 1. The Kier molecular flexibility index (Phi) is 4.74. The zero-order valence-electron chi connectivity index (χ0n) is 13.3. The van der Waals surface area contributed by atoms with Gasteiger partial charge in [0.05, 0.1) is 19.2 Å². The highest BCUT2D eigenvalue weighted by molar-refractivity contribution is 5.93. The number of carbonyl (C=O) groups is 1. The quantitative estimate of drug-likeness (QED) is 0.893. The Morgan fingerprint density at radius 2 is 2.08 bits per heavy atom. The standard InChI is InChI=1S/C16H18N4O4/c1-23-14-15(18-7-6-17-14)24-12-3-2-8-20(10-12)16(22)11-4-5-13(21)19-9-11/h4-7,9,12H,2-3,8,10H2,1H3,(H,19,21). The van der Waals surface area contributed by atoms with Gasteiger partial charge in [0.15, 0.2) is 0 Å². The molecule has 126 valence electrons. The van der Waals surface area contributed by atoms with Gasteiger partial charge in [0.2, 0.25) is 5.56 Å². The van der Waals surface area contributed by atoms with Gasteiger partial charge in [0, 0.05) is 31.2 Å². The molecule has 0 bridgehead atoms. The molecule has 3 rings (SSSR count). The van der Waals surface area contributed by atoms with Crippen molar-refractivity contribution in [2.45, 2.75) is 18.9 Å². The molecule has 2 aromatic rings. The fourth-order valence-corrected chi connectivity index (χ4v) is 2.64. The van der Waals surface area contributed by atoms with Crippen molar-refractivity contribution in [2.75, 3.05) is 20.2 Å². The van der Waals surface area contributed by atoms with E-state index in [1.165, 1.54) is 37.8 Å². The number of hydrogen-bond acceptors (Lipinski definition) is 6. The Hall–Kier alpha value is -2.90. The predicted octanol–water partition coefficient (Wildman–Crippen LogP) is 0.857. The number of nitrogens with one attached hydrogen (secondary N) is 1. The molecule has 0 spiro atoms. The molecule has 8 heteroatoms. The number of carbonyl (C=O) groups excluding carboxylic acids is 1. The van der Waals surface area contributed by atoms with Gasteiger partial charge >= 0.3 is 0 Å². The lowest BCUT2D eigenvalue weighted by atomic mass is 10.1. The number of hydrogen-bond donors (Lipinski definition) is 1. The summed E-state index contributed by atoms with van der Waals surface area (Å²) in [5, 5.41) is 0. The minimum Gasteiger partial charge on any atom is -0.477 e. The Labute approximate surface area is 138 Å². The van der Waals surface area contributed by atoms with E-state index in [4.69, 9.17) is 9.47 Å². The van der Waals surface area contributed by atoms with Crippen molar-refractivity contribution < 1.29 is 14.3 Å². The molecule has 0 saturated carbocycles. The molecule has 1 aliphatic heterocycles. The summed E-state index contributed by atoms with van der Waals surface area (Å²) in [4.78, 5) is 36.0. The normalized spacial score (nSPS) is 17.4. The minimum absolute atomic E-state index is 0.134. The summed E-state index contributed by atoms with van der Waals surface area (Å²) in [6.45, 7) is 1.09. The molecule has 8 nitrogen and oxygen atoms in total. The third-order valence-electron chi connectivity index (χ3n) is 3.80. The molecule has 1 unspecified atom stereocenters. The van der Waals surface area contributed by atoms with Gasteiger partial charge in [-0.05, 0) is 18.9 Å². The maximum Gasteiger partial charge on any atom is 0.278 e. The van der Waals surface area contributed by atoms with Gasteiger partial charge in [-0.25, -0.2) is 9.97 Å². The maximum absolute atomic E-state index is 12.5. The number of ether oxygens (including phenoxy) is 2. The lowest BCUT2D eigenvalue weighted by molar-refractivity contribution is 0.0519. The maximum atomic E-state index is 12.5. The third-order valence-corrected chi connectivity index (χ3v) is 3.80. The summed E-state index contributed by atoms with van der Waals surface area (Å²) in [6.07, 6.45) is 5.94. The van der Waals surface area contributed by atoms with Crippen molar-refractivity contribution in [3.8, 4) is 11.8 Å². The van der Waals surface area contributed by atoms with E-state index in [1.54, 1.807) is 4.90 Å². The van der Waals surface area contributed by atoms with Gasteiger partial charge in [-0.15, -0.1) is 0 Å². The van der Waals surface area contributed by atoms with Crippen LogP contribution in [0, 0.1) is 0 Å². The summed E-state index contributed by atoms with van der Waals surface area (Å²) in [5.41, 5.74) is 0.216. The van der Waals surface area contributed by atoms with Crippen molar-refractivity contribution in [3.63, 3.8) is 0 Å². The largest absolute Gasteiger partial charge is 0.477 e. The second kappa shape index (κ2) is 7.12. The second-order valence-electron chi connectivity index (χ2n) is 5.45. The molecule has 0 aromatic carbocycles. The van der Waals surface area contributed by atoms with Gasteiger partial charge < -0.3 is 19.4 Å². The first kappa shape index (κ1) is 16.0. The smallest absolute Gasteiger partial charge is 0.278 e. The number of methoxy groups -OCH3 is 1. The Morgan fingerprint density at radius 1 is 1.29 bits per heavy atom. The van der Waals surface area contributed by atoms with Crippen LogP contribution in [0.15, 0.2) is 35.5 Å². The van der Waals surface area contributed by atoms with Gasteiger partial charge in [0.1, 0.15) is 6.10 Å². The summed E-state index contributed by atoms with van der Waals surface area (Å²) in [6, 6.07) is 2.87. The van der Waals surface area contributed by atoms with E-state index in [9.17, 15) is 9.59 Å². The molecule has 3 heterocycles. The third kappa shape index (κ3) is 3.53. The van der Waals surface area contributed by atoms with Gasteiger partial charge in [-0.1, -0.05) is 0 Å². The molecule has 1 atom stereocenters. The summed E-state index contributed by atoms with van der Waals surface area (Å²) < 4.78 is 11.0. The Morgan fingerprint density at radius 3 is 2.79 bits per heavy atom. The first-order valence-electron chi connectivity index (χ1n) is 7.67. The summed E-state index contributed by atoms with van der Waals surface area (Å²) >= 11 is 0.